The van der Waals surface area contributed by atoms with Gasteiger partial charge in [-0.05, 0) is 13.8 Å². The second-order valence-corrected chi connectivity index (χ2v) is 3.48. The van der Waals surface area contributed by atoms with E-state index in [1.165, 1.54) is 13.0 Å². The second-order valence-electron chi connectivity index (χ2n) is 3.04. The number of carbonyl (C=O) groups excluding carboxylic acids is 1. The van der Waals surface area contributed by atoms with Gasteiger partial charge in [0, 0.05) is 12.1 Å². The van der Waals surface area contributed by atoms with Crippen molar-refractivity contribution in [3.05, 3.63) is 32.8 Å². The number of halogens is 1. The van der Waals surface area contributed by atoms with Crippen LogP contribution in [0, 0.1) is 10.1 Å². The van der Waals surface area contributed by atoms with Crippen molar-refractivity contribution < 1.29 is 14.5 Å². The lowest BCUT2D eigenvalue weighted by molar-refractivity contribution is -0.385. The Hall–Kier alpha value is -1.62. The molecule has 0 aliphatic carbocycles. The molecule has 0 atom stereocenters. The van der Waals surface area contributed by atoms with Crippen molar-refractivity contribution in [3.8, 4) is 5.75 Å². The van der Waals surface area contributed by atoms with E-state index in [4.69, 9.17) is 16.3 Å². The summed E-state index contributed by atoms with van der Waals surface area (Å²) in [6.45, 7) is 3.27. The summed E-state index contributed by atoms with van der Waals surface area (Å²) in [5.74, 6) is -0.277. The number of ketones is 1. The highest BCUT2D eigenvalue weighted by atomic mass is 35.5. The van der Waals surface area contributed by atoms with Crippen LogP contribution in [0.25, 0.3) is 0 Å². The van der Waals surface area contributed by atoms with Crippen LogP contribution in [-0.2, 0) is 0 Å². The third-order valence-corrected chi connectivity index (χ3v) is 2.11. The molecule has 16 heavy (non-hydrogen) atoms. The number of nitro benzene ring substituents is 1. The van der Waals surface area contributed by atoms with Crippen molar-refractivity contribution in [1.29, 1.82) is 0 Å². The Balaban J connectivity index is 3.47. The number of rotatable bonds is 4. The summed E-state index contributed by atoms with van der Waals surface area (Å²) in [4.78, 5) is 21.5. The first-order valence-electron chi connectivity index (χ1n) is 4.59. The van der Waals surface area contributed by atoms with Crippen molar-refractivity contribution in [2.45, 2.75) is 13.8 Å². The number of nitro groups is 1. The molecule has 0 heterocycles. The van der Waals surface area contributed by atoms with Crippen molar-refractivity contribution in [3.63, 3.8) is 0 Å². The molecular formula is C10H10ClNO4. The van der Waals surface area contributed by atoms with Gasteiger partial charge in [0.1, 0.15) is 11.3 Å². The predicted octanol–water partition coefficient (Wildman–Crippen LogP) is 2.85. The second kappa shape index (κ2) is 4.94. The number of hydrogen-bond acceptors (Lipinski definition) is 4. The normalized spacial score (nSPS) is 9.94. The van der Waals surface area contributed by atoms with Crippen LogP contribution >= 0.6 is 11.6 Å². The summed E-state index contributed by atoms with van der Waals surface area (Å²) in [7, 11) is 0. The molecule has 0 aliphatic rings. The maximum Gasteiger partial charge on any atom is 0.285 e. The maximum atomic E-state index is 11.4. The van der Waals surface area contributed by atoms with Crippen LogP contribution in [0.4, 0.5) is 5.69 Å². The minimum absolute atomic E-state index is 0.0451. The number of ether oxygens (including phenoxy) is 1. The predicted molar refractivity (Wildman–Crippen MR) is 59.3 cm³/mol. The van der Waals surface area contributed by atoms with E-state index in [0.29, 0.717) is 6.61 Å². The number of nitrogens with zero attached hydrogens (tertiary/aromatic N) is 1. The van der Waals surface area contributed by atoms with E-state index in [-0.39, 0.29) is 22.0 Å². The highest BCUT2D eigenvalue weighted by molar-refractivity contribution is 6.31. The van der Waals surface area contributed by atoms with Gasteiger partial charge in [-0.1, -0.05) is 11.6 Å². The van der Waals surface area contributed by atoms with Gasteiger partial charge in [-0.15, -0.1) is 0 Å². The molecule has 0 bridgehead atoms. The van der Waals surface area contributed by atoms with Crippen molar-refractivity contribution in [1.82, 2.24) is 0 Å². The van der Waals surface area contributed by atoms with Crippen LogP contribution in [0.1, 0.15) is 24.2 Å². The SMILES string of the molecule is CCOc1cc(Cl)cc([N+](=O)[O-])c1C(C)=O. The number of benzene rings is 1. The van der Waals surface area contributed by atoms with Gasteiger partial charge in [0.2, 0.25) is 0 Å². The molecule has 6 heteroatoms. The minimum Gasteiger partial charge on any atom is -0.493 e. The minimum atomic E-state index is -0.648. The van der Waals surface area contributed by atoms with Crippen molar-refractivity contribution in [2.75, 3.05) is 6.61 Å². The molecule has 86 valence electrons. The maximum absolute atomic E-state index is 11.4. The van der Waals surface area contributed by atoms with Crippen molar-refractivity contribution >= 4 is 23.1 Å². The third kappa shape index (κ3) is 2.49. The molecule has 0 saturated carbocycles. The number of carbonyl (C=O) groups is 1. The van der Waals surface area contributed by atoms with Gasteiger partial charge in [0.15, 0.2) is 5.78 Å². The molecule has 0 aliphatic heterocycles. The van der Waals surface area contributed by atoms with Gasteiger partial charge < -0.3 is 4.74 Å². The summed E-state index contributed by atoms with van der Waals surface area (Å²) >= 11 is 5.71. The number of Topliss-reactive ketones (excluding diaryl/α,β-unsaturated/α-hetero) is 1. The highest BCUT2D eigenvalue weighted by Gasteiger charge is 2.23. The van der Waals surface area contributed by atoms with Gasteiger partial charge in [0.25, 0.3) is 5.69 Å². The van der Waals surface area contributed by atoms with Gasteiger partial charge in [-0.3, -0.25) is 14.9 Å². The summed E-state index contributed by atoms with van der Waals surface area (Å²) in [6, 6.07) is 2.54. The van der Waals surface area contributed by atoms with Crippen LogP contribution in [-0.4, -0.2) is 17.3 Å². The summed E-state index contributed by atoms with van der Waals surface area (Å²) < 4.78 is 5.16. The molecule has 0 radical (unpaired) electrons. The average Bonchev–Trinajstić information content (AvgIpc) is 2.16. The van der Waals surface area contributed by atoms with E-state index in [9.17, 15) is 14.9 Å². The Morgan fingerprint density at radius 2 is 2.19 bits per heavy atom. The lowest BCUT2D eigenvalue weighted by Gasteiger charge is -2.08. The van der Waals surface area contributed by atoms with Gasteiger partial charge in [-0.2, -0.15) is 0 Å². The fraction of sp³-hybridized carbons (Fsp3) is 0.300. The lowest BCUT2D eigenvalue weighted by Crippen LogP contribution is -2.05. The molecule has 0 spiro atoms. The van der Waals surface area contributed by atoms with E-state index in [0.717, 1.165) is 6.07 Å². The van der Waals surface area contributed by atoms with Crippen LogP contribution < -0.4 is 4.74 Å². The molecule has 1 rings (SSSR count). The Labute approximate surface area is 97.1 Å². The zero-order chi connectivity index (χ0) is 12.3. The molecule has 0 unspecified atom stereocenters. The van der Waals surface area contributed by atoms with Crippen LogP contribution in [0.2, 0.25) is 5.02 Å². The molecule has 1 aromatic rings. The molecule has 1 aromatic carbocycles. The standard InChI is InChI=1S/C10H10ClNO4/c1-3-16-9-5-7(11)4-8(12(14)15)10(9)6(2)13/h4-5H,3H2,1-2H3. The Morgan fingerprint density at radius 1 is 1.56 bits per heavy atom. The van der Waals surface area contributed by atoms with Gasteiger partial charge in [0.05, 0.1) is 16.6 Å². The van der Waals surface area contributed by atoms with Gasteiger partial charge in [-0.25, -0.2) is 0 Å². The van der Waals surface area contributed by atoms with E-state index >= 15 is 0 Å². The fourth-order valence-electron chi connectivity index (χ4n) is 1.34. The first kappa shape index (κ1) is 12.4. The van der Waals surface area contributed by atoms with Crippen LogP contribution in [0.15, 0.2) is 12.1 Å². The van der Waals surface area contributed by atoms with E-state index in [2.05, 4.69) is 0 Å². The average molecular weight is 244 g/mol. The highest BCUT2D eigenvalue weighted by Crippen LogP contribution is 2.32. The molecular weight excluding hydrogens is 234 g/mol. The molecule has 0 saturated heterocycles. The van der Waals surface area contributed by atoms with Crippen LogP contribution in [0.5, 0.6) is 5.75 Å². The van der Waals surface area contributed by atoms with Crippen molar-refractivity contribution in [2.24, 2.45) is 0 Å². The Kier molecular flexibility index (Phi) is 3.84. The molecule has 0 aromatic heterocycles. The first-order chi connectivity index (χ1) is 7.47. The Morgan fingerprint density at radius 3 is 2.62 bits per heavy atom. The first-order valence-corrected chi connectivity index (χ1v) is 4.96. The lowest BCUT2D eigenvalue weighted by atomic mass is 10.1. The summed E-state index contributed by atoms with van der Waals surface area (Å²) in [5.41, 5.74) is -0.375. The molecule has 0 N–H and O–H groups in total. The fourth-order valence-corrected chi connectivity index (χ4v) is 1.54. The topological polar surface area (TPSA) is 69.4 Å². The monoisotopic (exact) mass is 243 g/mol. The quantitative estimate of drug-likeness (QED) is 0.463. The summed E-state index contributed by atoms with van der Waals surface area (Å²) in [6.07, 6.45) is 0. The largest absolute Gasteiger partial charge is 0.493 e. The van der Waals surface area contributed by atoms with E-state index in [1.807, 2.05) is 0 Å². The smallest absolute Gasteiger partial charge is 0.285 e. The van der Waals surface area contributed by atoms with Gasteiger partial charge >= 0.3 is 0 Å². The van der Waals surface area contributed by atoms with E-state index < -0.39 is 10.7 Å². The third-order valence-electron chi connectivity index (χ3n) is 1.89. The van der Waals surface area contributed by atoms with E-state index in [1.54, 1.807) is 6.92 Å². The molecule has 5 nitrogen and oxygen atoms in total. The molecule has 0 amide bonds. The Bertz CT molecular complexity index is 445. The zero-order valence-electron chi connectivity index (χ0n) is 8.82. The zero-order valence-corrected chi connectivity index (χ0v) is 9.58. The molecule has 0 fully saturated rings. The van der Waals surface area contributed by atoms with Crippen LogP contribution in [0.3, 0.4) is 0 Å². The summed E-state index contributed by atoms with van der Waals surface area (Å²) in [5, 5.41) is 10.9. The number of hydrogen-bond donors (Lipinski definition) is 0.